The topological polar surface area (TPSA) is 109 Å². The van der Waals surface area contributed by atoms with Crippen molar-refractivity contribution in [3.05, 3.63) is 99.9 Å². The van der Waals surface area contributed by atoms with E-state index in [0.29, 0.717) is 44.7 Å². The second-order valence-electron chi connectivity index (χ2n) is 9.90. The van der Waals surface area contributed by atoms with Gasteiger partial charge in [0.1, 0.15) is 17.5 Å². The van der Waals surface area contributed by atoms with E-state index in [1.165, 1.54) is 23.2 Å². The van der Waals surface area contributed by atoms with E-state index < -0.39 is 4.92 Å². The van der Waals surface area contributed by atoms with Gasteiger partial charge in [0.25, 0.3) is 11.2 Å². The number of ether oxygens (including phenoxy) is 2. The van der Waals surface area contributed by atoms with Crippen LogP contribution >= 0.6 is 43.5 Å². The summed E-state index contributed by atoms with van der Waals surface area (Å²) in [5.74, 6) is 1.44. The van der Waals surface area contributed by atoms with E-state index in [2.05, 4.69) is 37.0 Å². The van der Waals surface area contributed by atoms with Crippen molar-refractivity contribution < 1.29 is 14.4 Å². The first-order valence-corrected chi connectivity index (χ1v) is 15.5. The molecule has 0 amide bonds. The molecule has 1 heterocycles. The van der Waals surface area contributed by atoms with Crippen molar-refractivity contribution in [1.82, 2.24) is 9.66 Å². The SMILES string of the molecule is CCOc1cc(C=Nn2c(C3CCCCC3)nc3ccc(Br)cc3c2=O)c(Br)c(Cl)c1OCc1cccc([N+](=O)[O-])c1. The standard InChI is InChI=1S/C30H27Br2ClN4O5/c1-2-41-25-14-20(26(32)27(33)28(25)42-17-18-7-6-10-22(13-18)37(39)40)16-34-36-29(19-8-4-3-5-9-19)35-24-12-11-21(31)15-23(24)30(36)38/h6-7,10-16,19H,2-5,8-9,17H2,1H3. The molecule has 0 unspecified atom stereocenters. The van der Waals surface area contributed by atoms with Gasteiger partial charge in [0.2, 0.25) is 0 Å². The van der Waals surface area contributed by atoms with Crippen LogP contribution in [0.1, 0.15) is 61.9 Å². The van der Waals surface area contributed by atoms with Gasteiger partial charge in [-0.3, -0.25) is 14.9 Å². The van der Waals surface area contributed by atoms with E-state index in [4.69, 9.17) is 26.1 Å². The van der Waals surface area contributed by atoms with Crippen molar-refractivity contribution in [3.63, 3.8) is 0 Å². The van der Waals surface area contributed by atoms with Gasteiger partial charge in [0, 0.05) is 32.6 Å². The van der Waals surface area contributed by atoms with Crippen LogP contribution in [0.3, 0.4) is 0 Å². The summed E-state index contributed by atoms with van der Waals surface area (Å²) in [7, 11) is 0. The lowest BCUT2D eigenvalue weighted by atomic mass is 9.88. The molecule has 4 aromatic rings. The van der Waals surface area contributed by atoms with E-state index >= 15 is 0 Å². The molecule has 0 radical (unpaired) electrons. The first kappa shape index (κ1) is 30.2. The Balaban J connectivity index is 1.53. The minimum Gasteiger partial charge on any atom is -0.490 e. The summed E-state index contributed by atoms with van der Waals surface area (Å²) in [5, 5.41) is 16.5. The molecule has 1 aliphatic rings. The quantitative estimate of drug-likeness (QED) is 0.0978. The Bertz CT molecular complexity index is 1740. The Hall–Kier alpha value is -3.28. The third-order valence-electron chi connectivity index (χ3n) is 7.08. The van der Waals surface area contributed by atoms with Gasteiger partial charge in [-0.25, -0.2) is 4.98 Å². The first-order chi connectivity index (χ1) is 20.3. The van der Waals surface area contributed by atoms with Crippen LogP contribution < -0.4 is 15.0 Å². The largest absolute Gasteiger partial charge is 0.490 e. The molecule has 0 aliphatic heterocycles. The zero-order valence-electron chi connectivity index (χ0n) is 22.7. The van der Waals surface area contributed by atoms with Gasteiger partial charge in [-0.2, -0.15) is 9.78 Å². The highest BCUT2D eigenvalue weighted by atomic mass is 79.9. The number of fused-ring (bicyclic) bond motifs is 1. The van der Waals surface area contributed by atoms with Crippen LogP contribution in [0.25, 0.3) is 10.9 Å². The lowest BCUT2D eigenvalue weighted by molar-refractivity contribution is -0.384. The van der Waals surface area contributed by atoms with Gasteiger partial charge < -0.3 is 9.47 Å². The van der Waals surface area contributed by atoms with Crippen LogP contribution in [-0.2, 0) is 6.61 Å². The van der Waals surface area contributed by atoms with Crippen LogP contribution in [0.15, 0.2) is 67.4 Å². The number of hydrogen-bond acceptors (Lipinski definition) is 7. The molecule has 3 aromatic carbocycles. The van der Waals surface area contributed by atoms with Gasteiger partial charge in [-0.15, -0.1) is 0 Å². The molecule has 218 valence electrons. The molecule has 9 nitrogen and oxygen atoms in total. The molecule has 12 heteroatoms. The maximum atomic E-state index is 13.7. The molecule has 0 N–H and O–H groups in total. The van der Waals surface area contributed by atoms with Gasteiger partial charge >= 0.3 is 0 Å². The van der Waals surface area contributed by atoms with E-state index in [0.717, 1.165) is 30.2 Å². The minimum atomic E-state index is -0.457. The number of halogens is 3. The summed E-state index contributed by atoms with van der Waals surface area (Å²) in [5.41, 5.74) is 1.54. The van der Waals surface area contributed by atoms with Gasteiger partial charge in [0.15, 0.2) is 11.5 Å². The molecule has 42 heavy (non-hydrogen) atoms. The predicted molar refractivity (Wildman–Crippen MR) is 170 cm³/mol. The highest BCUT2D eigenvalue weighted by Crippen LogP contribution is 2.43. The summed E-state index contributed by atoms with van der Waals surface area (Å²) in [6, 6.07) is 13.4. The molecule has 5 rings (SSSR count). The van der Waals surface area contributed by atoms with Gasteiger partial charge in [-0.1, -0.05) is 58.9 Å². The minimum absolute atomic E-state index is 0.0293. The van der Waals surface area contributed by atoms with E-state index in [-0.39, 0.29) is 34.5 Å². The average Bonchev–Trinajstić information content (AvgIpc) is 2.99. The van der Waals surface area contributed by atoms with Crippen LogP contribution in [0, 0.1) is 10.1 Å². The Morgan fingerprint density at radius 1 is 1.14 bits per heavy atom. The average molecular weight is 719 g/mol. The summed E-state index contributed by atoms with van der Waals surface area (Å²) in [6.07, 6.45) is 6.79. The third-order valence-corrected chi connectivity index (χ3v) is 9.01. The molecular formula is C30H27Br2ClN4O5. The second kappa shape index (κ2) is 13.4. The normalized spacial score (nSPS) is 14.0. The zero-order valence-corrected chi connectivity index (χ0v) is 26.6. The maximum absolute atomic E-state index is 13.7. The fourth-order valence-electron chi connectivity index (χ4n) is 5.03. The predicted octanol–water partition coefficient (Wildman–Crippen LogP) is 8.39. The number of non-ortho nitro benzene ring substituents is 1. The Morgan fingerprint density at radius 2 is 1.93 bits per heavy atom. The molecular weight excluding hydrogens is 692 g/mol. The second-order valence-corrected chi connectivity index (χ2v) is 12.0. The van der Waals surface area contributed by atoms with Crippen LogP contribution in [-0.4, -0.2) is 27.4 Å². The van der Waals surface area contributed by atoms with Crippen LogP contribution in [0.5, 0.6) is 11.5 Å². The Kier molecular flexibility index (Phi) is 9.60. The molecule has 0 atom stereocenters. The lowest BCUT2D eigenvalue weighted by Gasteiger charge is -2.23. The lowest BCUT2D eigenvalue weighted by Crippen LogP contribution is -2.25. The molecule has 0 saturated heterocycles. The molecule has 0 spiro atoms. The summed E-state index contributed by atoms with van der Waals surface area (Å²) in [6.45, 7) is 2.22. The van der Waals surface area contributed by atoms with Crippen molar-refractivity contribution in [2.45, 2.75) is 51.6 Å². The summed E-state index contributed by atoms with van der Waals surface area (Å²) < 4.78 is 14.5. The van der Waals surface area contributed by atoms with Crippen molar-refractivity contribution in [1.29, 1.82) is 0 Å². The van der Waals surface area contributed by atoms with E-state index in [1.54, 1.807) is 30.5 Å². The number of aromatic nitrogens is 2. The van der Waals surface area contributed by atoms with E-state index in [9.17, 15) is 14.9 Å². The number of hydrogen-bond donors (Lipinski definition) is 0. The maximum Gasteiger partial charge on any atom is 0.282 e. The molecule has 1 aliphatic carbocycles. The third kappa shape index (κ3) is 6.53. The smallest absolute Gasteiger partial charge is 0.282 e. The summed E-state index contributed by atoms with van der Waals surface area (Å²) >= 11 is 13.7. The van der Waals surface area contributed by atoms with Gasteiger partial charge in [-0.05, 0) is 65.5 Å². The van der Waals surface area contributed by atoms with E-state index in [1.807, 2.05) is 19.1 Å². The Morgan fingerprint density at radius 3 is 2.67 bits per heavy atom. The van der Waals surface area contributed by atoms with Crippen molar-refractivity contribution in [2.75, 3.05) is 6.61 Å². The van der Waals surface area contributed by atoms with Crippen LogP contribution in [0.2, 0.25) is 5.02 Å². The fraction of sp³-hybridized carbons (Fsp3) is 0.300. The van der Waals surface area contributed by atoms with Crippen molar-refractivity contribution in [3.8, 4) is 11.5 Å². The van der Waals surface area contributed by atoms with Gasteiger partial charge in [0.05, 0.1) is 28.6 Å². The number of nitro groups is 1. The number of nitro benzene ring substituents is 1. The molecule has 1 fully saturated rings. The number of benzene rings is 3. The van der Waals surface area contributed by atoms with Crippen molar-refractivity contribution >= 4 is 66.3 Å². The number of rotatable bonds is 9. The van der Waals surface area contributed by atoms with Crippen molar-refractivity contribution in [2.24, 2.45) is 5.10 Å². The summed E-state index contributed by atoms with van der Waals surface area (Å²) in [4.78, 5) is 29.3. The zero-order chi connectivity index (χ0) is 29.8. The first-order valence-electron chi connectivity index (χ1n) is 13.5. The monoisotopic (exact) mass is 716 g/mol. The Labute approximate surface area is 263 Å². The fourth-order valence-corrected chi connectivity index (χ4v) is 6.05. The molecule has 1 saturated carbocycles. The van der Waals surface area contributed by atoms with Crippen LogP contribution in [0.4, 0.5) is 5.69 Å². The molecule has 1 aromatic heterocycles. The highest BCUT2D eigenvalue weighted by molar-refractivity contribution is 9.10. The molecule has 0 bridgehead atoms. The highest BCUT2D eigenvalue weighted by Gasteiger charge is 2.23. The number of nitrogens with zero attached hydrogens (tertiary/aromatic N) is 4.